The number of aromatic nitrogens is 5. The second-order valence-corrected chi connectivity index (χ2v) is 6.33. The van der Waals surface area contributed by atoms with Gasteiger partial charge in [-0.05, 0) is 51.1 Å². The van der Waals surface area contributed by atoms with Crippen LogP contribution in [0, 0.1) is 19.7 Å². The summed E-state index contributed by atoms with van der Waals surface area (Å²) in [6, 6.07) is 8.13. The predicted molar refractivity (Wildman–Crippen MR) is 91.8 cm³/mol. The molecule has 3 aromatic rings. The summed E-state index contributed by atoms with van der Waals surface area (Å²) in [5, 5.41) is 12.0. The lowest BCUT2D eigenvalue weighted by Gasteiger charge is -2.13. The first-order valence-corrected chi connectivity index (χ1v) is 8.12. The molecule has 2 aromatic heterocycles. The molecule has 0 atom stereocenters. The molecule has 0 aliphatic rings. The summed E-state index contributed by atoms with van der Waals surface area (Å²) in [5.41, 5.74) is 3.17. The fourth-order valence-corrected chi connectivity index (χ4v) is 3.12. The lowest BCUT2D eigenvalue weighted by molar-refractivity contribution is 0.0960. The van der Waals surface area contributed by atoms with Crippen molar-refractivity contribution in [1.82, 2.24) is 24.8 Å². The van der Waals surface area contributed by atoms with Gasteiger partial charge in [-0.25, -0.2) is 4.39 Å². The Hall–Kier alpha value is -2.83. The van der Waals surface area contributed by atoms with Crippen molar-refractivity contribution < 1.29 is 9.18 Å². The van der Waals surface area contributed by atoms with Crippen molar-refractivity contribution in [1.29, 1.82) is 0 Å². The minimum Gasteiger partial charge on any atom is -0.346 e. The van der Waals surface area contributed by atoms with E-state index in [-0.39, 0.29) is 24.2 Å². The highest BCUT2D eigenvalue weighted by molar-refractivity contribution is 5.97. The SMILES string of the molecule is Cc1cc(C(=O)Cn2nnc(-c3cccc(F)c3)n2)c(C)n1C(C)C. The normalized spacial score (nSPS) is 11.3. The zero-order chi connectivity index (χ0) is 18.1. The second kappa shape index (κ2) is 6.58. The van der Waals surface area contributed by atoms with Crippen LogP contribution in [0.3, 0.4) is 0 Å². The molecular formula is C18H20FN5O. The second-order valence-electron chi connectivity index (χ2n) is 6.33. The largest absolute Gasteiger partial charge is 0.346 e. The number of aryl methyl sites for hydroxylation is 1. The monoisotopic (exact) mass is 341 g/mol. The van der Waals surface area contributed by atoms with Crippen LogP contribution >= 0.6 is 0 Å². The van der Waals surface area contributed by atoms with Crippen molar-refractivity contribution in [3.63, 3.8) is 0 Å². The number of nitrogens with zero attached hydrogens (tertiary/aromatic N) is 5. The Bertz CT molecular complexity index is 925. The van der Waals surface area contributed by atoms with Gasteiger partial charge in [0.15, 0.2) is 5.78 Å². The molecule has 0 amide bonds. The van der Waals surface area contributed by atoms with Crippen molar-refractivity contribution >= 4 is 5.78 Å². The fraction of sp³-hybridized carbons (Fsp3) is 0.333. The van der Waals surface area contributed by atoms with Crippen LogP contribution < -0.4 is 0 Å². The molecule has 7 heteroatoms. The first-order chi connectivity index (χ1) is 11.9. The van der Waals surface area contributed by atoms with E-state index >= 15 is 0 Å². The van der Waals surface area contributed by atoms with Crippen LogP contribution in [-0.2, 0) is 6.54 Å². The summed E-state index contributed by atoms with van der Waals surface area (Å²) in [6.45, 7) is 8.08. The Morgan fingerprint density at radius 1 is 1.24 bits per heavy atom. The van der Waals surface area contributed by atoms with Crippen LogP contribution in [0.1, 0.15) is 41.6 Å². The Balaban J connectivity index is 1.82. The van der Waals surface area contributed by atoms with Crippen LogP contribution in [0.25, 0.3) is 11.4 Å². The van der Waals surface area contributed by atoms with E-state index in [0.29, 0.717) is 17.0 Å². The highest BCUT2D eigenvalue weighted by Crippen LogP contribution is 2.21. The first kappa shape index (κ1) is 17.0. The minimum atomic E-state index is -0.369. The number of ketones is 1. The van der Waals surface area contributed by atoms with E-state index < -0.39 is 0 Å². The molecule has 0 fully saturated rings. The lowest BCUT2D eigenvalue weighted by Crippen LogP contribution is -2.14. The summed E-state index contributed by atoms with van der Waals surface area (Å²) < 4.78 is 15.4. The smallest absolute Gasteiger partial charge is 0.205 e. The van der Waals surface area contributed by atoms with Gasteiger partial charge in [0.1, 0.15) is 12.4 Å². The van der Waals surface area contributed by atoms with E-state index in [0.717, 1.165) is 11.4 Å². The molecule has 0 N–H and O–H groups in total. The minimum absolute atomic E-state index is 0.00922. The number of tetrazole rings is 1. The molecule has 0 unspecified atom stereocenters. The quantitative estimate of drug-likeness (QED) is 0.668. The summed E-state index contributed by atoms with van der Waals surface area (Å²) in [6.07, 6.45) is 0. The van der Waals surface area contributed by atoms with Gasteiger partial charge in [0.2, 0.25) is 5.82 Å². The summed E-state index contributed by atoms with van der Waals surface area (Å²) in [4.78, 5) is 13.9. The Labute approximate surface area is 145 Å². The van der Waals surface area contributed by atoms with Gasteiger partial charge in [-0.2, -0.15) is 4.80 Å². The number of carbonyl (C=O) groups is 1. The highest BCUT2D eigenvalue weighted by atomic mass is 19.1. The standard InChI is InChI=1S/C18H20FN5O/c1-11(2)24-12(3)8-16(13(24)4)17(25)10-23-21-18(20-22-23)14-6-5-7-15(19)9-14/h5-9,11H,10H2,1-4H3. The van der Waals surface area contributed by atoms with Gasteiger partial charge >= 0.3 is 0 Å². The molecule has 0 saturated carbocycles. The molecule has 0 aliphatic heterocycles. The van der Waals surface area contributed by atoms with Gasteiger partial charge < -0.3 is 4.57 Å². The average molecular weight is 341 g/mol. The number of rotatable bonds is 5. The van der Waals surface area contributed by atoms with E-state index in [4.69, 9.17) is 0 Å². The van der Waals surface area contributed by atoms with E-state index in [2.05, 4.69) is 33.8 Å². The number of halogens is 1. The summed E-state index contributed by atoms with van der Waals surface area (Å²) in [7, 11) is 0. The van der Waals surface area contributed by atoms with Crippen LogP contribution in [-0.4, -0.2) is 30.6 Å². The van der Waals surface area contributed by atoms with E-state index in [1.54, 1.807) is 12.1 Å². The zero-order valence-electron chi connectivity index (χ0n) is 14.7. The third-order valence-electron chi connectivity index (χ3n) is 4.12. The topological polar surface area (TPSA) is 65.6 Å². The molecule has 25 heavy (non-hydrogen) atoms. The Morgan fingerprint density at radius 2 is 2.00 bits per heavy atom. The number of Topliss-reactive ketones (excluding diaryl/α,β-unsaturated/α-hetero) is 1. The van der Waals surface area contributed by atoms with Gasteiger partial charge in [-0.3, -0.25) is 4.79 Å². The number of benzene rings is 1. The summed E-state index contributed by atoms with van der Waals surface area (Å²) >= 11 is 0. The summed E-state index contributed by atoms with van der Waals surface area (Å²) in [5.74, 6) is -0.158. The lowest BCUT2D eigenvalue weighted by atomic mass is 10.1. The number of carbonyl (C=O) groups excluding carboxylic acids is 1. The first-order valence-electron chi connectivity index (χ1n) is 8.12. The van der Waals surface area contributed by atoms with Crippen LogP contribution in [0.15, 0.2) is 30.3 Å². The molecule has 0 spiro atoms. The zero-order valence-corrected chi connectivity index (χ0v) is 14.7. The molecular weight excluding hydrogens is 321 g/mol. The molecule has 130 valence electrons. The van der Waals surface area contributed by atoms with E-state index in [9.17, 15) is 9.18 Å². The maximum Gasteiger partial charge on any atom is 0.205 e. The van der Waals surface area contributed by atoms with Crippen molar-refractivity contribution in [2.45, 2.75) is 40.3 Å². The van der Waals surface area contributed by atoms with Gasteiger partial charge in [-0.15, -0.1) is 10.2 Å². The van der Waals surface area contributed by atoms with Gasteiger partial charge in [0, 0.05) is 28.6 Å². The highest BCUT2D eigenvalue weighted by Gasteiger charge is 2.18. The third kappa shape index (κ3) is 3.35. The molecule has 1 aromatic carbocycles. The van der Waals surface area contributed by atoms with Gasteiger partial charge in [-0.1, -0.05) is 12.1 Å². The molecule has 0 aliphatic carbocycles. The van der Waals surface area contributed by atoms with Crippen LogP contribution in [0.2, 0.25) is 0 Å². The van der Waals surface area contributed by atoms with Crippen molar-refractivity contribution in [3.8, 4) is 11.4 Å². The van der Waals surface area contributed by atoms with Gasteiger partial charge in [0.05, 0.1) is 0 Å². The van der Waals surface area contributed by atoms with E-state index in [1.165, 1.54) is 16.9 Å². The maximum atomic E-state index is 13.3. The molecule has 2 heterocycles. The molecule has 0 radical (unpaired) electrons. The van der Waals surface area contributed by atoms with Crippen molar-refractivity contribution in [3.05, 3.63) is 53.1 Å². The Morgan fingerprint density at radius 3 is 2.64 bits per heavy atom. The van der Waals surface area contributed by atoms with Crippen LogP contribution in [0.5, 0.6) is 0 Å². The van der Waals surface area contributed by atoms with Crippen LogP contribution in [0.4, 0.5) is 4.39 Å². The molecule has 6 nitrogen and oxygen atoms in total. The van der Waals surface area contributed by atoms with Crippen molar-refractivity contribution in [2.75, 3.05) is 0 Å². The molecule has 0 bridgehead atoms. The van der Waals surface area contributed by atoms with Gasteiger partial charge in [0.25, 0.3) is 0 Å². The number of hydrogen-bond acceptors (Lipinski definition) is 4. The van der Waals surface area contributed by atoms with Crippen molar-refractivity contribution in [2.24, 2.45) is 0 Å². The molecule has 0 saturated heterocycles. The third-order valence-corrected chi connectivity index (χ3v) is 4.12. The Kier molecular flexibility index (Phi) is 4.48. The van der Waals surface area contributed by atoms with E-state index in [1.807, 2.05) is 19.9 Å². The predicted octanol–water partition coefficient (Wildman–Crippen LogP) is 3.36. The maximum absolute atomic E-state index is 13.3. The fourth-order valence-electron chi connectivity index (χ4n) is 3.12. The average Bonchev–Trinajstić information content (AvgIpc) is 3.11. The molecule has 3 rings (SSSR count). The number of hydrogen-bond donors (Lipinski definition) is 0.